The number of rotatable bonds is 10. The zero-order valence-corrected chi connectivity index (χ0v) is 17.6. The van der Waals surface area contributed by atoms with E-state index in [9.17, 15) is 22.8 Å². The maximum absolute atomic E-state index is 12.5. The van der Waals surface area contributed by atoms with Crippen LogP contribution in [0, 0.1) is 0 Å². The van der Waals surface area contributed by atoms with Crippen LogP contribution in [0.25, 0.3) is 0 Å². The van der Waals surface area contributed by atoms with E-state index in [1.165, 1.54) is 38.2 Å². The van der Waals surface area contributed by atoms with Gasteiger partial charge in [-0.2, -0.15) is 4.31 Å². The standard InChI is InChI=1S/C20H24N4O5S/c1-15(25)17-3-5-18(6-4-17)30(28,29)24(2)14-20(27)22-12-9-19(26)23-13-16-7-10-21-11-8-16/h3-8,10-11H,9,12-14H2,1-2H3,(H,22,27)(H,23,26). The third-order valence-corrected chi connectivity index (χ3v) is 6.07. The molecule has 0 unspecified atom stereocenters. The van der Waals surface area contributed by atoms with Crippen molar-refractivity contribution in [1.29, 1.82) is 0 Å². The van der Waals surface area contributed by atoms with Gasteiger partial charge in [-0.05, 0) is 36.8 Å². The summed E-state index contributed by atoms with van der Waals surface area (Å²) in [6.07, 6.45) is 3.33. The summed E-state index contributed by atoms with van der Waals surface area (Å²) in [5, 5.41) is 5.25. The minimum Gasteiger partial charge on any atom is -0.354 e. The van der Waals surface area contributed by atoms with E-state index in [-0.39, 0.29) is 29.6 Å². The first kappa shape index (κ1) is 23.2. The Labute approximate surface area is 175 Å². The van der Waals surface area contributed by atoms with E-state index >= 15 is 0 Å². The van der Waals surface area contributed by atoms with Gasteiger partial charge in [0, 0.05) is 44.5 Å². The number of nitrogens with zero attached hydrogens (tertiary/aromatic N) is 2. The molecule has 1 aromatic heterocycles. The second kappa shape index (κ2) is 10.6. The fourth-order valence-electron chi connectivity index (χ4n) is 2.49. The molecule has 2 N–H and O–H groups in total. The highest BCUT2D eigenvalue weighted by atomic mass is 32.2. The molecule has 160 valence electrons. The Balaban J connectivity index is 1.77. The molecule has 1 heterocycles. The molecule has 0 fully saturated rings. The lowest BCUT2D eigenvalue weighted by molar-refractivity contribution is -0.122. The fraction of sp³-hybridized carbons (Fsp3) is 0.300. The molecule has 9 nitrogen and oxygen atoms in total. The Hall–Kier alpha value is -3.11. The average Bonchev–Trinajstić information content (AvgIpc) is 2.73. The van der Waals surface area contributed by atoms with E-state index in [0.717, 1.165) is 9.87 Å². The van der Waals surface area contributed by atoms with Gasteiger partial charge in [-0.25, -0.2) is 8.42 Å². The van der Waals surface area contributed by atoms with Gasteiger partial charge in [0.15, 0.2) is 5.78 Å². The second-order valence-corrected chi connectivity index (χ2v) is 8.62. The first-order valence-corrected chi connectivity index (χ1v) is 10.6. The van der Waals surface area contributed by atoms with Gasteiger partial charge in [-0.3, -0.25) is 19.4 Å². The molecule has 2 rings (SSSR count). The van der Waals surface area contributed by atoms with Crippen LogP contribution in [-0.2, 0) is 26.2 Å². The third-order valence-electron chi connectivity index (χ3n) is 4.25. The Morgan fingerprint density at radius 1 is 0.967 bits per heavy atom. The monoisotopic (exact) mass is 432 g/mol. The predicted octanol–water partition coefficient (Wildman–Crippen LogP) is 0.727. The number of nitrogens with one attached hydrogen (secondary N) is 2. The number of amides is 2. The fourth-order valence-corrected chi connectivity index (χ4v) is 3.62. The van der Waals surface area contributed by atoms with Crippen LogP contribution < -0.4 is 10.6 Å². The molecule has 0 aliphatic heterocycles. The van der Waals surface area contributed by atoms with Gasteiger partial charge >= 0.3 is 0 Å². The van der Waals surface area contributed by atoms with Gasteiger partial charge in [-0.15, -0.1) is 0 Å². The molecule has 0 bridgehead atoms. The highest BCUT2D eigenvalue weighted by Crippen LogP contribution is 2.15. The van der Waals surface area contributed by atoms with E-state index in [2.05, 4.69) is 15.6 Å². The average molecular weight is 433 g/mol. The summed E-state index contributed by atoms with van der Waals surface area (Å²) >= 11 is 0. The topological polar surface area (TPSA) is 126 Å². The van der Waals surface area contributed by atoms with E-state index in [0.29, 0.717) is 12.1 Å². The molecule has 30 heavy (non-hydrogen) atoms. The van der Waals surface area contributed by atoms with Crippen molar-refractivity contribution in [2.24, 2.45) is 0 Å². The van der Waals surface area contributed by atoms with Gasteiger partial charge in [0.1, 0.15) is 0 Å². The lowest BCUT2D eigenvalue weighted by Gasteiger charge is -2.17. The van der Waals surface area contributed by atoms with Crippen LogP contribution in [0.3, 0.4) is 0 Å². The van der Waals surface area contributed by atoms with Crippen LogP contribution in [-0.4, -0.2) is 55.4 Å². The number of carbonyl (C=O) groups is 3. The Morgan fingerprint density at radius 2 is 1.60 bits per heavy atom. The number of Topliss-reactive ketones (excluding diaryl/α,β-unsaturated/α-hetero) is 1. The number of hydrogen-bond acceptors (Lipinski definition) is 6. The summed E-state index contributed by atoms with van der Waals surface area (Å²) in [6, 6.07) is 9.07. The highest BCUT2D eigenvalue weighted by Gasteiger charge is 2.23. The molecule has 2 aromatic rings. The minimum atomic E-state index is -3.88. The minimum absolute atomic E-state index is 0.0155. The van der Waals surface area contributed by atoms with Crippen LogP contribution in [0.5, 0.6) is 0 Å². The summed E-state index contributed by atoms with van der Waals surface area (Å²) in [5.41, 5.74) is 1.31. The largest absolute Gasteiger partial charge is 0.354 e. The van der Waals surface area contributed by atoms with Gasteiger partial charge in [-0.1, -0.05) is 12.1 Å². The van der Waals surface area contributed by atoms with Gasteiger partial charge in [0.05, 0.1) is 11.4 Å². The predicted molar refractivity (Wildman–Crippen MR) is 110 cm³/mol. The summed E-state index contributed by atoms with van der Waals surface area (Å²) in [6.45, 7) is 1.44. The van der Waals surface area contributed by atoms with E-state index in [1.807, 2.05) is 0 Å². The number of carbonyl (C=O) groups excluding carboxylic acids is 3. The molecule has 2 amide bonds. The first-order valence-electron chi connectivity index (χ1n) is 9.20. The first-order chi connectivity index (χ1) is 14.2. The van der Waals surface area contributed by atoms with Crippen LogP contribution in [0.1, 0.15) is 29.3 Å². The van der Waals surface area contributed by atoms with E-state index in [4.69, 9.17) is 0 Å². The summed E-state index contributed by atoms with van der Waals surface area (Å²) in [5.74, 6) is -0.932. The molecule has 0 aliphatic carbocycles. The number of likely N-dealkylation sites (N-methyl/N-ethyl adjacent to an activating group) is 1. The van der Waals surface area contributed by atoms with Crippen molar-refractivity contribution in [3.05, 3.63) is 59.9 Å². The van der Waals surface area contributed by atoms with Crippen molar-refractivity contribution < 1.29 is 22.8 Å². The zero-order valence-electron chi connectivity index (χ0n) is 16.8. The molecule has 10 heteroatoms. The Morgan fingerprint density at radius 3 is 2.20 bits per heavy atom. The third kappa shape index (κ3) is 6.75. The molecule has 0 radical (unpaired) electrons. The Kier molecular flexibility index (Phi) is 8.19. The van der Waals surface area contributed by atoms with Crippen LogP contribution in [0.2, 0.25) is 0 Å². The van der Waals surface area contributed by atoms with Gasteiger partial charge in [0.2, 0.25) is 21.8 Å². The van der Waals surface area contributed by atoms with Crippen molar-refractivity contribution in [2.75, 3.05) is 20.1 Å². The smallest absolute Gasteiger partial charge is 0.243 e. The maximum atomic E-state index is 12.5. The SMILES string of the molecule is CC(=O)c1ccc(S(=O)(=O)N(C)CC(=O)NCCC(=O)NCc2ccncc2)cc1. The van der Waals surface area contributed by atoms with Gasteiger partial charge in [0.25, 0.3) is 0 Å². The quantitative estimate of drug-likeness (QED) is 0.533. The molecular formula is C20H24N4O5S. The van der Waals surface area contributed by atoms with E-state index < -0.39 is 22.5 Å². The molecule has 0 atom stereocenters. The maximum Gasteiger partial charge on any atom is 0.243 e. The second-order valence-electron chi connectivity index (χ2n) is 6.57. The Bertz CT molecular complexity index is 992. The van der Waals surface area contributed by atoms with Crippen molar-refractivity contribution in [3.63, 3.8) is 0 Å². The molecular weight excluding hydrogens is 408 g/mol. The van der Waals surface area contributed by atoms with Crippen molar-refractivity contribution in [1.82, 2.24) is 19.9 Å². The number of ketones is 1. The van der Waals surface area contributed by atoms with Crippen molar-refractivity contribution in [2.45, 2.75) is 24.8 Å². The summed E-state index contributed by atoms with van der Waals surface area (Å²) in [7, 11) is -2.59. The summed E-state index contributed by atoms with van der Waals surface area (Å²) < 4.78 is 26.0. The van der Waals surface area contributed by atoms with Gasteiger partial charge < -0.3 is 10.6 Å². The van der Waals surface area contributed by atoms with Crippen molar-refractivity contribution >= 4 is 27.6 Å². The van der Waals surface area contributed by atoms with Crippen molar-refractivity contribution in [3.8, 4) is 0 Å². The molecule has 0 aliphatic rings. The number of aromatic nitrogens is 1. The van der Waals surface area contributed by atoms with Crippen LogP contribution in [0.15, 0.2) is 53.7 Å². The van der Waals surface area contributed by atoms with E-state index in [1.54, 1.807) is 24.5 Å². The molecule has 0 spiro atoms. The zero-order chi connectivity index (χ0) is 22.1. The number of sulfonamides is 1. The van der Waals surface area contributed by atoms with Crippen LogP contribution in [0.4, 0.5) is 0 Å². The number of hydrogen-bond donors (Lipinski definition) is 2. The summed E-state index contributed by atoms with van der Waals surface area (Å²) in [4.78, 5) is 39.0. The number of pyridine rings is 1. The normalized spacial score (nSPS) is 11.2. The number of benzene rings is 1. The lowest BCUT2D eigenvalue weighted by Crippen LogP contribution is -2.39. The molecule has 1 aromatic carbocycles. The lowest BCUT2D eigenvalue weighted by atomic mass is 10.2. The highest BCUT2D eigenvalue weighted by molar-refractivity contribution is 7.89. The molecule has 0 saturated carbocycles. The van der Waals surface area contributed by atoms with Crippen LogP contribution >= 0.6 is 0 Å². The molecule has 0 saturated heterocycles.